The molecule has 1 heterocycles. The van der Waals surface area contributed by atoms with Crippen LogP contribution >= 0.6 is 24.0 Å². The molecule has 2 N–H and O–H groups in total. The average molecular weight is 552 g/mol. The number of hydrogen-bond donors (Lipinski definition) is 2. The number of nitrogens with zero attached hydrogens (tertiary/aromatic N) is 3. The van der Waals surface area contributed by atoms with Crippen molar-refractivity contribution in [2.75, 3.05) is 45.5 Å². The Morgan fingerprint density at radius 3 is 2.30 bits per heavy atom. The van der Waals surface area contributed by atoms with Gasteiger partial charge in [-0.1, -0.05) is 31.2 Å². The molecular weight excluding hydrogens is 513 g/mol. The van der Waals surface area contributed by atoms with Gasteiger partial charge in [0.25, 0.3) is 0 Å². The van der Waals surface area contributed by atoms with Crippen LogP contribution in [0.3, 0.4) is 0 Å². The summed E-state index contributed by atoms with van der Waals surface area (Å²) >= 11 is 0. The predicted octanol–water partition coefficient (Wildman–Crippen LogP) is 2.63. The number of halogens is 1. The van der Waals surface area contributed by atoms with Gasteiger partial charge in [0.05, 0.1) is 12.8 Å². The predicted molar refractivity (Wildman–Crippen MR) is 136 cm³/mol. The van der Waals surface area contributed by atoms with Gasteiger partial charge in [-0.05, 0) is 50.4 Å². The highest BCUT2D eigenvalue weighted by Gasteiger charge is 2.13. The topological polar surface area (TPSA) is 77.0 Å². The fourth-order valence-corrected chi connectivity index (χ4v) is 4.41. The molecule has 1 aromatic carbocycles. The minimum absolute atomic E-state index is 0. The van der Waals surface area contributed by atoms with Gasteiger partial charge in [0.1, 0.15) is 0 Å². The summed E-state index contributed by atoms with van der Waals surface area (Å²) in [5, 5.41) is 6.54. The number of aliphatic imine (C=N–C) groups is 1. The fraction of sp³-hybridized carbons (Fsp3) is 0.667. The maximum atomic E-state index is 11.6. The highest BCUT2D eigenvalue weighted by molar-refractivity contribution is 14.0. The Morgan fingerprint density at radius 1 is 1.10 bits per heavy atom. The van der Waals surface area contributed by atoms with Crippen LogP contribution in [0.1, 0.15) is 44.2 Å². The van der Waals surface area contributed by atoms with Crippen LogP contribution in [-0.4, -0.2) is 69.1 Å². The van der Waals surface area contributed by atoms with E-state index in [2.05, 4.69) is 44.8 Å². The van der Waals surface area contributed by atoms with Crippen molar-refractivity contribution in [3.8, 4) is 0 Å². The smallest absolute Gasteiger partial charge is 0.211 e. The lowest BCUT2D eigenvalue weighted by Gasteiger charge is -2.18. The molecule has 9 heteroatoms. The number of rotatable bonds is 11. The molecule has 0 saturated carbocycles. The summed E-state index contributed by atoms with van der Waals surface area (Å²) in [5.41, 5.74) is 2.54. The Morgan fingerprint density at radius 2 is 1.73 bits per heavy atom. The molecule has 7 nitrogen and oxygen atoms in total. The van der Waals surface area contributed by atoms with Gasteiger partial charge in [0.15, 0.2) is 5.96 Å². The molecule has 0 aromatic heterocycles. The lowest BCUT2D eigenvalue weighted by molar-refractivity contribution is 0.331. The van der Waals surface area contributed by atoms with E-state index in [-0.39, 0.29) is 24.0 Å². The summed E-state index contributed by atoms with van der Waals surface area (Å²) in [5.74, 6) is 0.760. The van der Waals surface area contributed by atoms with Crippen molar-refractivity contribution in [1.82, 2.24) is 19.8 Å². The van der Waals surface area contributed by atoms with E-state index in [1.54, 1.807) is 0 Å². The normalized spacial score (nSPS) is 15.3. The maximum absolute atomic E-state index is 11.6. The van der Waals surface area contributed by atoms with Crippen molar-refractivity contribution in [3.05, 3.63) is 35.4 Å². The first-order valence-electron chi connectivity index (χ1n) is 10.7. The highest BCUT2D eigenvalue weighted by Crippen LogP contribution is 2.13. The van der Waals surface area contributed by atoms with E-state index >= 15 is 0 Å². The molecule has 1 saturated heterocycles. The minimum Gasteiger partial charge on any atom is -0.357 e. The molecule has 0 aliphatic carbocycles. The molecule has 1 fully saturated rings. The Labute approximate surface area is 199 Å². The van der Waals surface area contributed by atoms with Gasteiger partial charge in [0, 0.05) is 32.7 Å². The number of sulfonamides is 1. The zero-order valence-corrected chi connectivity index (χ0v) is 21.7. The minimum atomic E-state index is -3.13. The second kappa shape index (κ2) is 14.2. The van der Waals surface area contributed by atoms with E-state index in [4.69, 9.17) is 0 Å². The van der Waals surface area contributed by atoms with E-state index in [1.807, 2.05) is 13.8 Å². The standard InChI is InChI=1S/C21H37N5O2S.HI/c1-4-22-21(23-13-8-16-26(5-2)29(3,27)28)24-17-19-9-11-20(12-10-19)18-25-14-6-7-15-25;/h9-12H,4-8,13-18H2,1-3H3,(H2,22,23,24);1H. The Kier molecular flexibility index (Phi) is 12.8. The van der Waals surface area contributed by atoms with E-state index < -0.39 is 10.0 Å². The number of benzene rings is 1. The van der Waals surface area contributed by atoms with Crippen molar-refractivity contribution in [3.63, 3.8) is 0 Å². The second-order valence-electron chi connectivity index (χ2n) is 7.53. The summed E-state index contributed by atoms with van der Waals surface area (Å²) in [7, 11) is -3.13. The quantitative estimate of drug-likeness (QED) is 0.192. The lowest BCUT2D eigenvalue weighted by atomic mass is 10.1. The number of likely N-dealkylation sites (tertiary alicyclic amines) is 1. The molecule has 30 heavy (non-hydrogen) atoms. The summed E-state index contributed by atoms with van der Waals surface area (Å²) in [6, 6.07) is 8.72. The van der Waals surface area contributed by atoms with Crippen LogP contribution in [0.15, 0.2) is 29.3 Å². The molecular formula is C21H38IN5O2S. The number of hydrogen-bond acceptors (Lipinski definition) is 4. The number of nitrogens with one attached hydrogen (secondary N) is 2. The Bertz CT molecular complexity index is 734. The van der Waals surface area contributed by atoms with Crippen LogP contribution < -0.4 is 10.6 Å². The third-order valence-corrected chi connectivity index (χ3v) is 6.47. The fourth-order valence-electron chi connectivity index (χ4n) is 3.48. The van der Waals surface area contributed by atoms with Crippen LogP contribution in [0.2, 0.25) is 0 Å². The molecule has 1 aromatic rings. The third-order valence-electron chi connectivity index (χ3n) is 5.09. The van der Waals surface area contributed by atoms with Gasteiger partial charge in [-0.3, -0.25) is 4.90 Å². The second-order valence-corrected chi connectivity index (χ2v) is 9.51. The first-order chi connectivity index (χ1) is 13.9. The number of guanidine groups is 1. The van der Waals surface area contributed by atoms with Crippen molar-refractivity contribution in [1.29, 1.82) is 0 Å². The average Bonchev–Trinajstić information content (AvgIpc) is 3.19. The first-order valence-corrected chi connectivity index (χ1v) is 12.5. The molecule has 0 spiro atoms. The molecule has 0 bridgehead atoms. The van der Waals surface area contributed by atoms with Crippen molar-refractivity contribution < 1.29 is 8.42 Å². The van der Waals surface area contributed by atoms with Crippen LogP contribution in [0.5, 0.6) is 0 Å². The van der Waals surface area contributed by atoms with Gasteiger partial charge in [0.2, 0.25) is 10.0 Å². The highest BCUT2D eigenvalue weighted by atomic mass is 127. The summed E-state index contributed by atoms with van der Waals surface area (Å²) < 4.78 is 24.8. The van der Waals surface area contributed by atoms with Gasteiger partial charge in [-0.2, -0.15) is 0 Å². The van der Waals surface area contributed by atoms with Crippen molar-refractivity contribution >= 4 is 40.0 Å². The van der Waals surface area contributed by atoms with Crippen LogP contribution in [-0.2, 0) is 23.1 Å². The first kappa shape index (κ1) is 27.1. The van der Waals surface area contributed by atoms with E-state index in [9.17, 15) is 8.42 Å². The van der Waals surface area contributed by atoms with Gasteiger partial charge in [-0.25, -0.2) is 17.7 Å². The molecule has 1 aliphatic heterocycles. The zero-order valence-electron chi connectivity index (χ0n) is 18.6. The molecule has 172 valence electrons. The SMILES string of the molecule is CCNC(=NCc1ccc(CN2CCCC2)cc1)NCCCN(CC)S(C)(=O)=O.I. The molecule has 1 aliphatic rings. The summed E-state index contributed by atoms with van der Waals surface area (Å²) in [6.07, 6.45) is 4.62. The molecule has 0 amide bonds. The largest absolute Gasteiger partial charge is 0.357 e. The third kappa shape index (κ3) is 9.93. The van der Waals surface area contributed by atoms with Crippen LogP contribution in [0, 0.1) is 0 Å². The Balaban J connectivity index is 0.00000450. The van der Waals surface area contributed by atoms with Crippen LogP contribution in [0.4, 0.5) is 0 Å². The molecule has 0 unspecified atom stereocenters. The summed E-state index contributed by atoms with van der Waals surface area (Å²) in [4.78, 5) is 7.16. The van der Waals surface area contributed by atoms with E-state index in [0.29, 0.717) is 26.2 Å². The zero-order chi connectivity index (χ0) is 21.1. The van der Waals surface area contributed by atoms with Crippen LogP contribution in [0.25, 0.3) is 0 Å². The molecule has 0 radical (unpaired) electrons. The van der Waals surface area contributed by atoms with Crippen molar-refractivity contribution in [2.45, 2.75) is 46.2 Å². The van der Waals surface area contributed by atoms with Gasteiger partial charge >= 0.3 is 0 Å². The Hall–Kier alpha value is -0.910. The van der Waals surface area contributed by atoms with Gasteiger partial charge < -0.3 is 10.6 Å². The van der Waals surface area contributed by atoms with Gasteiger partial charge in [-0.15, -0.1) is 24.0 Å². The lowest BCUT2D eigenvalue weighted by Crippen LogP contribution is -2.39. The van der Waals surface area contributed by atoms with E-state index in [0.717, 1.165) is 25.5 Å². The maximum Gasteiger partial charge on any atom is 0.211 e. The monoisotopic (exact) mass is 551 g/mol. The molecule has 0 atom stereocenters. The van der Waals surface area contributed by atoms with Crippen molar-refractivity contribution in [2.24, 2.45) is 4.99 Å². The van der Waals surface area contributed by atoms with E-state index in [1.165, 1.54) is 47.6 Å². The summed E-state index contributed by atoms with van der Waals surface area (Å²) in [6.45, 7) is 10.4. The molecule has 2 rings (SSSR count).